The normalized spacial score (nSPS) is 16.9. The quantitative estimate of drug-likeness (QED) is 0.477. The van der Waals surface area contributed by atoms with E-state index < -0.39 is 5.92 Å². The average molecular weight is 373 g/mol. The van der Waals surface area contributed by atoms with Gasteiger partial charge in [-0.1, -0.05) is 50.5 Å². The molecule has 1 aliphatic carbocycles. The number of hydrogen-bond acceptors (Lipinski definition) is 4. The molecule has 1 amide bonds. The Hall–Kier alpha value is -2.01. The van der Waals surface area contributed by atoms with Crippen molar-refractivity contribution in [1.82, 2.24) is 5.32 Å². The van der Waals surface area contributed by atoms with E-state index in [4.69, 9.17) is 4.74 Å². The molecule has 0 radical (unpaired) electrons. The van der Waals surface area contributed by atoms with Crippen LogP contribution in [0.15, 0.2) is 24.3 Å². The van der Waals surface area contributed by atoms with E-state index in [1.807, 2.05) is 24.3 Å². The molecular formula is C22H31NO4. The van der Waals surface area contributed by atoms with Gasteiger partial charge in [0.2, 0.25) is 5.91 Å². The number of nitrogens with one attached hydrogen (secondary N) is 1. The highest BCUT2D eigenvalue weighted by Crippen LogP contribution is 2.22. The van der Waals surface area contributed by atoms with Crippen LogP contribution in [0.25, 0.3) is 0 Å². The zero-order valence-corrected chi connectivity index (χ0v) is 16.3. The van der Waals surface area contributed by atoms with Gasteiger partial charge in [-0.15, -0.1) is 0 Å². The van der Waals surface area contributed by atoms with Gasteiger partial charge in [0.1, 0.15) is 18.2 Å². The zero-order valence-electron chi connectivity index (χ0n) is 16.3. The van der Waals surface area contributed by atoms with Crippen LogP contribution in [-0.4, -0.2) is 30.7 Å². The number of ether oxygens (including phenoxy) is 1. The van der Waals surface area contributed by atoms with E-state index in [9.17, 15) is 14.4 Å². The van der Waals surface area contributed by atoms with Gasteiger partial charge < -0.3 is 10.1 Å². The Morgan fingerprint density at radius 3 is 2.56 bits per heavy atom. The maximum absolute atomic E-state index is 12.4. The highest BCUT2D eigenvalue weighted by Gasteiger charge is 2.28. The van der Waals surface area contributed by atoms with Gasteiger partial charge in [-0.3, -0.25) is 14.4 Å². The van der Waals surface area contributed by atoms with Crippen LogP contribution in [0.4, 0.5) is 0 Å². The fourth-order valence-corrected chi connectivity index (χ4v) is 3.29. The second kappa shape index (κ2) is 11.7. The van der Waals surface area contributed by atoms with E-state index in [2.05, 4.69) is 12.2 Å². The zero-order chi connectivity index (χ0) is 19.5. The summed E-state index contributed by atoms with van der Waals surface area (Å²) in [6, 6.07) is 7.61. The first kappa shape index (κ1) is 21.3. The molecular weight excluding hydrogens is 342 g/mol. The van der Waals surface area contributed by atoms with Gasteiger partial charge in [0, 0.05) is 26.0 Å². The summed E-state index contributed by atoms with van der Waals surface area (Å²) in [5.74, 6) is -0.403. The van der Waals surface area contributed by atoms with Crippen LogP contribution in [0.3, 0.4) is 0 Å². The number of benzene rings is 1. The summed E-state index contributed by atoms with van der Waals surface area (Å²) in [6.07, 6.45) is 6.64. The fraction of sp³-hybridized carbons (Fsp3) is 0.591. The minimum absolute atomic E-state index is 0.0287. The monoisotopic (exact) mass is 373 g/mol. The van der Waals surface area contributed by atoms with Crippen molar-refractivity contribution in [2.75, 3.05) is 13.2 Å². The number of rotatable bonds is 11. The summed E-state index contributed by atoms with van der Waals surface area (Å²) in [5.41, 5.74) is 1.88. The van der Waals surface area contributed by atoms with Crippen LogP contribution in [-0.2, 0) is 32.1 Å². The topological polar surface area (TPSA) is 72.5 Å². The minimum Gasteiger partial charge on any atom is -0.372 e. The third-order valence-corrected chi connectivity index (χ3v) is 4.96. The van der Waals surface area contributed by atoms with E-state index in [0.717, 1.165) is 43.2 Å². The smallest absolute Gasteiger partial charge is 0.246 e. The molecule has 1 saturated carbocycles. The standard InChI is InChI=1S/C22H31NO4/c1-2-3-6-13-27-16-22(26)23-15-18-11-9-17(10-12-18)14-21(25)19-7-4-5-8-20(19)24/h9-12,19H,2-8,13-16H2,1H3,(H,23,26). The number of carbonyl (C=O) groups excluding carboxylic acids is 3. The molecule has 5 heteroatoms. The lowest BCUT2D eigenvalue weighted by Crippen LogP contribution is -2.28. The first-order valence-corrected chi connectivity index (χ1v) is 10.1. The maximum atomic E-state index is 12.4. The number of amides is 1. The van der Waals surface area contributed by atoms with Crippen LogP contribution in [0.1, 0.15) is 63.0 Å². The molecule has 0 aromatic heterocycles. The van der Waals surface area contributed by atoms with Gasteiger partial charge in [0.25, 0.3) is 0 Å². The Bertz CT molecular complexity index is 624. The van der Waals surface area contributed by atoms with E-state index >= 15 is 0 Å². The Labute approximate surface area is 161 Å². The molecule has 1 atom stereocenters. The van der Waals surface area contributed by atoms with Gasteiger partial charge in [-0.2, -0.15) is 0 Å². The van der Waals surface area contributed by atoms with Crippen molar-refractivity contribution in [3.05, 3.63) is 35.4 Å². The molecule has 1 aliphatic rings. The van der Waals surface area contributed by atoms with Crippen molar-refractivity contribution >= 4 is 17.5 Å². The molecule has 1 aromatic rings. The second-order valence-electron chi connectivity index (χ2n) is 7.26. The van der Waals surface area contributed by atoms with E-state index in [0.29, 0.717) is 32.4 Å². The minimum atomic E-state index is -0.407. The number of Topliss-reactive ketones (excluding diaryl/α,β-unsaturated/α-hetero) is 2. The van der Waals surface area contributed by atoms with Gasteiger partial charge in [0.05, 0.1) is 5.92 Å². The summed E-state index contributed by atoms with van der Waals surface area (Å²) >= 11 is 0. The van der Waals surface area contributed by atoms with E-state index in [1.54, 1.807) is 0 Å². The summed E-state index contributed by atoms with van der Waals surface area (Å²) < 4.78 is 5.34. The Kier molecular flexibility index (Phi) is 9.19. The third-order valence-electron chi connectivity index (χ3n) is 4.96. The molecule has 5 nitrogen and oxygen atoms in total. The van der Waals surface area contributed by atoms with E-state index in [1.165, 1.54) is 0 Å². The molecule has 1 fully saturated rings. The molecule has 0 spiro atoms. The van der Waals surface area contributed by atoms with Crippen molar-refractivity contribution in [3.8, 4) is 0 Å². The second-order valence-corrected chi connectivity index (χ2v) is 7.26. The van der Waals surface area contributed by atoms with Crippen molar-refractivity contribution in [3.63, 3.8) is 0 Å². The molecule has 2 rings (SSSR count). The predicted octanol–water partition coefficient (Wildman–Crippen LogP) is 3.38. The van der Waals surface area contributed by atoms with Crippen molar-refractivity contribution in [1.29, 1.82) is 0 Å². The number of unbranched alkanes of at least 4 members (excludes halogenated alkanes) is 2. The lowest BCUT2D eigenvalue weighted by Gasteiger charge is -2.19. The summed E-state index contributed by atoms with van der Waals surface area (Å²) in [6.45, 7) is 3.27. The average Bonchev–Trinajstić information content (AvgIpc) is 2.67. The van der Waals surface area contributed by atoms with Gasteiger partial charge >= 0.3 is 0 Å². The van der Waals surface area contributed by atoms with Crippen LogP contribution >= 0.6 is 0 Å². The van der Waals surface area contributed by atoms with Gasteiger partial charge in [-0.25, -0.2) is 0 Å². The number of hydrogen-bond donors (Lipinski definition) is 1. The highest BCUT2D eigenvalue weighted by molar-refractivity contribution is 6.03. The van der Waals surface area contributed by atoms with Gasteiger partial charge in [0.15, 0.2) is 0 Å². The van der Waals surface area contributed by atoms with Crippen LogP contribution < -0.4 is 5.32 Å². The fourth-order valence-electron chi connectivity index (χ4n) is 3.29. The largest absolute Gasteiger partial charge is 0.372 e. The first-order chi connectivity index (χ1) is 13.1. The molecule has 1 aromatic carbocycles. The summed E-state index contributed by atoms with van der Waals surface area (Å²) in [4.78, 5) is 36.0. The molecule has 27 heavy (non-hydrogen) atoms. The van der Waals surface area contributed by atoms with Crippen molar-refractivity contribution < 1.29 is 19.1 Å². The van der Waals surface area contributed by atoms with Crippen molar-refractivity contribution in [2.24, 2.45) is 5.92 Å². The van der Waals surface area contributed by atoms with Crippen LogP contribution in [0.5, 0.6) is 0 Å². The molecule has 0 saturated heterocycles. The Balaban J connectivity index is 1.70. The number of carbonyl (C=O) groups is 3. The van der Waals surface area contributed by atoms with Crippen LogP contribution in [0.2, 0.25) is 0 Å². The molecule has 0 aliphatic heterocycles. The molecule has 0 bridgehead atoms. The van der Waals surface area contributed by atoms with Crippen molar-refractivity contribution in [2.45, 2.75) is 64.8 Å². The maximum Gasteiger partial charge on any atom is 0.246 e. The summed E-state index contributed by atoms with van der Waals surface area (Å²) in [7, 11) is 0. The molecule has 1 N–H and O–H groups in total. The SMILES string of the molecule is CCCCCOCC(=O)NCc1ccc(CC(=O)C2CCCCC2=O)cc1. The van der Waals surface area contributed by atoms with Crippen LogP contribution in [0, 0.1) is 5.92 Å². The third kappa shape index (κ3) is 7.63. The first-order valence-electron chi connectivity index (χ1n) is 10.1. The van der Waals surface area contributed by atoms with Gasteiger partial charge in [-0.05, 0) is 30.4 Å². The Morgan fingerprint density at radius 2 is 1.85 bits per heavy atom. The molecule has 148 valence electrons. The predicted molar refractivity (Wildman–Crippen MR) is 104 cm³/mol. The van der Waals surface area contributed by atoms with E-state index in [-0.39, 0.29) is 24.1 Å². The highest BCUT2D eigenvalue weighted by atomic mass is 16.5. The number of ketones is 2. The summed E-state index contributed by atoms with van der Waals surface area (Å²) in [5, 5.41) is 2.83. The Morgan fingerprint density at radius 1 is 1.11 bits per heavy atom. The molecule has 1 unspecified atom stereocenters. The molecule has 0 heterocycles. The lowest BCUT2D eigenvalue weighted by molar-refractivity contribution is -0.134. The lowest BCUT2D eigenvalue weighted by atomic mass is 9.83.